The number of aliphatic hydroxyl groups is 3. The first-order chi connectivity index (χ1) is 9.95. The molecule has 0 bridgehead atoms. The summed E-state index contributed by atoms with van der Waals surface area (Å²) in [6, 6.07) is 6.68. The minimum Gasteiger partial charge on any atom is -0.508 e. The van der Waals surface area contributed by atoms with E-state index in [2.05, 4.69) is 5.73 Å². The van der Waals surface area contributed by atoms with Crippen LogP contribution in [0.1, 0.15) is 38.4 Å². The molecule has 4 N–H and O–H groups in total. The van der Waals surface area contributed by atoms with Crippen LogP contribution in [0.15, 0.2) is 41.6 Å². The van der Waals surface area contributed by atoms with Gasteiger partial charge in [0.15, 0.2) is 0 Å². The zero-order chi connectivity index (χ0) is 15.8. The first-order valence-electron chi connectivity index (χ1n) is 7.14. The number of benzene rings is 1. The van der Waals surface area contributed by atoms with Crippen LogP contribution in [0.2, 0.25) is 0 Å². The third kappa shape index (κ3) is 5.74. The number of hydrogen-bond acceptors (Lipinski definition) is 4. The molecule has 0 spiro atoms. The molecular formula is C17H24O4. The van der Waals surface area contributed by atoms with Crippen molar-refractivity contribution in [2.75, 3.05) is 6.61 Å². The molecule has 0 amide bonds. The Bertz CT molecular complexity index is 501. The summed E-state index contributed by atoms with van der Waals surface area (Å²) < 4.78 is 0. The second-order valence-corrected chi connectivity index (χ2v) is 5.38. The van der Waals surface area contributed by atoms with Gasteiger partial charge in [-0.15, -0.1) is 5.73 Å². The van der Waals surface area contributed by atoms with E-state index in [1.54, 1.807) is 24.3 Å². The molecule has 0 aromatic heterocycles. The molecule has 2 atom stereocenters. The highest BCUT2D eigenvalue weighted by atomic mass is 16.3. The van der Waals surface area contributed by atoms with Gasteiger partial charge in [0.05, 0.1) is 18.8 Å². The summed E-state index contributed by atoms with van der Waals surface area (Å²) in [4.78, 5) is 0. The summed E-state index contributed by atoms with van der Waals surface area (Å²) in [5, 5.41) is 38.1. The van der Waals surface area contributed by atoms with Crippen molar-refractivity contribution in [3.8, 4) is 5.75 Å². The fourth-order valence-corrected chi connectivity index (χ4v) is 1.98. The van der Waals surface area contributed by atoms with Gasteiger partial charge in [-0.2, -0.15) is 0 Å². The van der Waals surface area contributed by atoms with E-state index in [4.69, 9.17) is 5.11 Å². The second kappa shape index (κ2) is 8.65. The molecule has 0 unspecified atom stereocenters. The molecule has 1 aromatic rings. The Morgan fingerprint density at radius 2 is 1.90 bits per heavy atom. The monoisotopic (exact) mass is 292 g/mol. The minimum atomic E-state index is -0.796. The fourth-order valence-electron chi connectivity index (χ4n) is 1.98. The number of aliphatic hydroxyl groups excluding tert-OH is 3. The maximum absolute atomic E-state index is 10.1. The molecule has 4 nitrogen and oxygen atoms in total. The zero-order valence-corrected chi connectivity index (χ0v) is 12.5. The molecule has 0 heterocycles. The van der Waals surface area contributed by atoms with Crippen LogP contribution in [0.5, 0.6) is 5.75 Å². The standard InChI is InChI=1S/C17H24O4/c1-12(2)13(10-14(19)11-18)6-5-9-17(21)15-7-3-4-8-16(15)20/h3-5,7-8,12,14,17-21H,9-11H2,1-2H3/t6?,14-,17-/m1/s1. The maximum atomic E-state index is 10.1. The number of hydrogen-bond donors (Lipinski definition) is 4. The van der Waals surface area contributed by atoms with E-state index in [9.17, 15) is 15.3 Å². The van der Waals surface area contributed by atoms with Gasteiger partial charge in [0.25, 0.3) is 0 Å². The summed E-state index contributed by atoms with van der Waals surface area (Å²) in [5.41, 5.74) is 4.46. The number of phenols is 1. The van der Waals surface area contributed by atoms with Crippen molar-refractivity contribution >= 4 is 0 Å². The fraction of sp³-hybridized carbons (Fsp3) is 0.471. The molecule has 0 saturated heterocycles. The molecule has 0 aliphatic heterocycles. The van der Waals surface area contributed by atoms with Crippen LogP contribution in [0.3, 0.4) is 0 Å². The van der Waals surface area contributed by atoms with Crippen LogP contribution in [-0.4, -0.2) is 33.1 Å². The van der Waals surface area contributed by atoms with Gasteiger partial charge in [-0.25, -0.2) is 0 Å². The average Bonchev–Trinajstić information content (AvgIpc) is 2.46. The van der Waals surface area contributed by atoms with E-state index in [0.29, 0.717) is 18.4 Å². The van der Waals surface area contributed by atoms with Gasteiger partial charge in [0.2, 0.25) is 0 Å². The topological polar surface area (TPSA) is 80.9 Å². The van der Waals surface area contributed by atoms with Gasteiger partial charge >= 0.3 is 0 Å². The van der Waals surface area contributed by atoms with Gasteiger partial charge in [0, 0.05) is 18.4 Å². The molecule has 0 saturated carbocycles. The van der Waals surface area contributed by atoms with Crippen molar-refractivity contribution in [3.63, 3.8) is 0 Å². The van der Waals surface area contributed by atoms with Crippen LogP contribution in [0.25, 0.3) is 0 Å². The van der Waals surface area contributed by atoms with Crippen molar-refractivity contribution < 1.29 is 20.4 Å². The Morgan fingerprint density at radius 1 is 1.24 bits per heavy atom. The Balaban J connectivity index is 2.77. The van der Waals surface area contributed by atoms with E-state index in [1.165, 1.54) is 6.07 Å². The van der Waals surface area contributed by atoms with Crippen LogP contribution >= 0.6 is 0 Å². The highest BCUT2D eigenvalue weighted by molar-refractivity contribution is 5.33. The first kappa shape index (κ1) is 17.5. The third-order valence-electron chi connectivity index (χ3n) is 3.29. The lowest BCUT2D eigenvalue weighted by atomic mass is 9.97. The summed E-state index contributed by atoms with van der Waals surface area (Å²) in [5.74, 6) is 0.270. The number of phenolic OH excluding ortho intramolecular Hbond substituents is 1. The number of para-hydroxylation sites is 1. The number of rotatable bonds is 7. The van der Waals surface area contributed by atoms with Crippen LogP contribution in [0, 0.1) is 5.92 Å². The molecule has 0 aliphatic rings. The first-order valence-corrected chi connectivity index (χ1v) is 7.14. The Hall–Kier alpha value is -1.58. The van der Waals surface area contributed by atoms with Crippen LogP contribution in [-0.2, 0) is 0 Å². The predicted molar refractivity (Wildman–Crippen MR) is 81.8 cm³/mol. The van der Waals surface area contributed by atoms with Gasteiger partial charge < -0.3 is 20.4 Å². The minimum absolute atomic E-state index is 0.0714. The Morgan fingerprint density at radius 3 is 2.48 bits per heavy atom. The summed E-state index contributed by atoms with van der Waals surface area (Å²) >= 11 is 0. The van der Waals surface area contributed by atoms with Crippen LogP contribution in [0.4, 0.5) is 0 Å². The Kier molecular flexibility index (Phi) is 7.20. The van der Waals surface area contributed by atoms with Crippen LogP contribution < -0.4 is 0 Å². The smallest absolute Gasteiger partial charge is 0.121 e. The molecule has 0 aliphatic carbocycles. The zero-order valence-electron chi connectivity index (χ0n) is 12.5. The molecular weight excluding hydrogens is 268 g/mol. The van der Waals surface area contributed by atoms with Crippen molar-refractivity contribution in [2.45, 2.75) is 38.9 Å². The largest absolute Gasteiger partial charge is 0.508 e. The summed E-state index contributed by atoms with van der Waals surface area (Å²) in [6.45, 7) is 3.69. The van der Waals surface area contributed by atoms with Crippen molar-refractivity contribution in [3.05, 3.63) is 47.2 Å². The Labute approximate surface area is 125 Å². The molecule has 0 fully saturated rings. The van der Waals surface area contributed by atoms with Gasteiger partial charge in [-0.3, -0.25) is 0 Å². The van der Waals surface area contributed by atoms with Gasteiger partial charge in [-0.1, -0.05) is 32.0 Å². The lowest BCUT2D eigenvalue weighted by Crippen LogP contribution is -2.14. The highest BCUT2D eigenvalue weighted by Gasteiger charge is 2.11. The van der Waals surface area contributed by atoms with E-state index in [1.807, 2.05) is 13.8 Å². The average molecular weight is 292 g/mol. The summed E-state index contributed by atoms with van der Waals surface area (Å²) in [7, 11) is 0. The third-order valence-corrected chi connectivity index (χ3v) is 3.29. The molecule has 0 radical (unpaired) electrons. The van der Waals surface area contributed by atoms with E-state index in [0.717, 1.165) is 5.57 Å². The van der Waals surface area contributed by atoms with Crippen molar-refractivity contribution in [1.29, 1.82) is 0 Å². The maximum Gasteiger partial charge on any atom is 0.121 e. The number of aromatic hydroxyl groups is 1. The van der Waals surface area contributed by atoms with Crippen molar-refractivity contribution in [1.82, 2.24) is 0 Å². The molecule has 4 heteroatoms. The SMILES string of the molecule is CC(C)C(=C=CC[C@@H](O)c1ccccc1O)C[C@@H](O)CO. The quantitative estimate of drug-likeness (QED) is 0.581. The molecule has 1 rings (SSSR count). The van der Waals surface area contributed by atoms with Crippen molar-refractivity contribution in [2.24, 2.45) is 5.92 Å². The predicted octanol–water partition coefficient (Wildman–Crippen LogP) is 2.30. The lowest BCUT2D eigenvalue weighted by Gasteiger charge is -2.12. The lowest BCUT2D eigenvalue weighted by molar-refractivity contribution is 0.0939. The normalized spacial score (nSPS) is 13.6. The van der Waals surface area contributed by atoms with E-state index < -0.39 is 12.2 Å². The summed E-state index contributed by atoms with van der Waals surface area (Å²) in [6.07, 6.45) is 0.804. The van der Waals surface area contributed by atoms with Gasteiger partial charge in [-0.05, 0) is 23.6 Å². The molecule has 116 valence electrons. The highest BCUT2D eigenvalue weighted by Crippen LogP contribution is 2.26. The second-order valence-electron chi connectivity index (χ2n) is 5.38. The van der Waals surface area contributed by atoms with E-state index in [-0.39, 0.29) is 18.3 Å². The molecule has 1 aromatic carbocycles. The van der Waals surface area contributed by atoms with E-state index >= 15 is 0 Å². The van der Waals surface area contributed by atoms with Gasteiger partial charge in [0.1, 0.15) is 5.75 Å². The molecule has 21 heavy (non-hydrogen) atoms.